The fraction of sp³-hybridized carbons (Fsp3) is 0.429. The Morgan fingerprint density at radius 2 is 1.91 bits per heavy atom. The minimum absolute atomic E-state index is 0.0215. The molecule has 2 aromatic rings. The molecule has 1 N–H and O–H groups in total. The lowest BCUT2D eigenvalue weighted by Gasteiger charge is -2.30. The van der Waals surface area contributed by atoms with E-state index in [1.54, 1.807) is 0 Å². The van der Waals surface area contributed by atoms with Crippen molar-refractivity contribution in [2.24, 2.45) is 0 Å². The van der Waals surface area contributed by atoms with E-state index < -0.39 is 10.0 Å². The molecule has 0 spiro atoms. The standard InChI is InChI=1S/C14H18N4O3S/c1-22(19,20)17-12-7-9-18(10-8-12)14-15-13(21-16-14)11-5-3-2-4-6-11/h2-6,12,17H,7-10H2,1H3. The summed E-state index contributed by atoms with van der Waals surface area (Å²) in [6, 6.07) is 9.58. The van der Waals surface area contributed by atoms with Gasteiger partial charge in [0, 0.05) is 24.7 Å². The molecule has 1 saturated heterocycles. The average Bonchev–Trinajstić information content (AvgIpc) is 2.97. The van der Waals surface area contributed by atoms with Crippen molar-refractivity contribution in [3.63, 3.8) is 0 Å². The third-order valence-corrected chi connectivity index (χ3v) is 4.36. The molecule has 1 aliphatic rings. The summed E-state index contributed by atoms with van der Waals surface area (Å²) in [6.07, 6.45) is 2.63. The van der Waals surface area contributed by atoms with Crippen LogP contribution in [0.4, 0.5) is 5.95 Å². The molecule has 22 heavy (non-hydrogen) atoms. The summed E-state index contributed by atoms with van der Waals surface area (Å²) >= 11 is 0. The summed E-state index contributed by atoms with van der Waals surface area (Å²) in [5.74, 6) is 1.05. The number of hydrogen-bond donors (Lipinski definition) is 1. The van der Waals surface area contributed by atoms with Crippen LogP contribution in [0.2, 0.25) is 0 Å². The predicted octanol–water partition coefficient (Wildman–Crippen LogP) is 1.25. The molecule has 0 amide bonds. The molecule has 7 nitrogen and oxygen atoms in total. The number of benzene rings is 1. The number of anilines is 1. The van der Waals surface area contributed by atoms with E-state index in [9.17, 15) is 8.42 Å². The van der Waals surface area contributed by atoms with E-state index in [2.05, 4.69) is 14.9 Å². The molecular formula is C14H18N4O3S. The fourth-order valence-corrected chi connectivity index (χ4v) is 3.38. The second-order valence-corrected chi connectivity index (χ2v) is 7.20. The minimum atomic E-state index is -3.16. The number of piperidine rings is 1. The normalized spacial score (nSPS) is 16.9. The van der Waals surface area contributed by atoms with Crippen molar-refractivity contribution in [2.45, 2.75) is 18.9 Å². The van der Waals surface area contributed by atoms with Gasteiger partial charge < -0.3 is 9.42 Å². The third-order valence-electron chi connectivity index (χ3n) is 3.59. The number of hydrogen-bond acceptors (Lipinski definition) is 6. The van der Waals surface area contributed by atoms with Crippen LogP contribution < -0.4 is 9.62 Å². The number of nitrogens with zero attached hydrogens (tertiary/aromatic N) is 3. The summed E-state index contributed by atoms with van der Waals surface area (Å²) in [5.41, 5.74) is 0.884. The van der Waals surface area contributed by atoms with Crippen LogP contribution in [0.3, 0.4) is 0 Å². The topological polar surface area (TPSA) is 88.3 Å². The highest BCUT2D eigenvalue weighted by molar-refractivity contribution is 7.88. The lowest BCUT2D eigenvalue weighted by atomic mass is 10.1. The van der Waals surface area contributed by atoms with Gasteiger partial charge >= 0.3 is 0 Å². The van der Waals surface area contributed by atoms with E-state index in [-0.39, 0.29) is 6.04 Å². The first-order chi connectivity index (χ1) is 10.5. The first-order valence-electron chi connectivity index (χ1n) is 7.13. The Labute approximate surface area is 129 Å². The van der Waals surface area contributed by atoms with Crippen LogP contribution in [0.15, 0.2) is 34.9 Å². The fourth-order valence-electron chi connectivity index (χ4n) is 2.54. The molecular weight excluding hydrogens is 304 g/mol. The summed E-state index contributed by atoms with van der Waals surface area (Å²) in [4.78, 5) is 6.42. The molecule has 0 radical (unpaired) electrons. The van der Waals surface area contributed by atoms with Crippen molar-refractivity contribution >= 4 is 16.0 Å². The number of rotatable bonds is 4. The maximum absolute atomic E-state index is 11.2. The quantitative estimate of drug-likeness (QED) is 0.911. The van der Waals surface area contributed by atoms with Gasteiger partial charge in [-0.3, -0.25) is 0 Å². The summed E-state index contributed by atoms with van der Waals surface area (Å²) < 4.78 is 30.4. The lowest BCUT2D eigenvalue weighted by molar-refractivity contribution is 0.418. The Morgan fingerprint density at radius 3 is 2.55 bits per heavy atom. The van der Waals surface area contributed by atoms with Crippen LogP contribution in [-0.4, -0.2) is 43.9 Å². The highest BCUT2D eigenvalue weighted by atomic mass is 32.2. The first-order valence-corrected chi connectivity index (χ1v) is 9.02. The molecule has 1 fully saturated rings. The number of aromatic nitrogens is 2. The van der Waals surface area contributed by atoms with E-state index in [1.165, 1.54) is 6.26 Å². The van der Waals surface area contributed by atoms with Crippen molar-refractivity contribution in [3.05, 3.63) is 30.3 Å². The van der Waals surface area contributed by atoms with E-state index >= 15 is 0 Å². The smallest absolute Gasteiger partial charge is 0.266 e. The van der Waals surface area contributed by atoms with Gasteiger partial charge in [0.2, 0.25) is 10.0 Å². The Kier molecular flexibility index (Phi) is 4.12. The van der Waals surface area contributed by atoms with E-state index in [0.29, 0.717) is 24.9 Å². The van der Waals surface area contributed by atoms with Crippen molar-refractivity contribution in [1.82, 2.24) is 14.9 Å². The van der Waals surface area contributed by atoms with Gasteiger partial charge in [-0.25, -0.2) is 13.1 Å². The highest BCUT2D eigenvalue weighted by Crippen LogP contribution is 2.22. The summed E-state index contributed by atoms with van der Waals surface area (Å²) in [6.45, 7) is 1.39. The van der Waals surface area contributed by atoms with Crippen LogP contribution in [-0.2, 0) is 10.0 Å². The Morgan fingerprint density at radius 1 is 1.23 bits per heavy atom. The van der Waals surface area contributed by atoms with Crippen LogP contribution in [0.25, 0.3) is 11.5 Å². The summed E-state index contributed by atoms with van der Waals surface area (Å²) in [5, 5.41) is 4.02. The second kappa shape index (κ2) is 6.05. The molecule has 8 heteroatoms. The molecule has 2 heterocycles. The maximum atomic E-state index is 11.2. The molecule has 118 valence electrons. The van der Waals surface area contributed by atoms with Crippen molar-refractivity contribution in [3.8, 4) is 11.5 Å². The van der Waals surface area contributed by atoms with Gasteiger partial charge in [-0.05, 0) is 30.1 Å². The van der Waals surface area contributed by atoms with Gasteiger partial charge in [0.1, 0.15) is 0 Å². The molecule has 0 bridgehead atoms. The van der Waals surface area contributed by atoms with Gasteiger partial charge in [0.25, 0.3) is 11.8 Å². The lowest BCUT2D eigenvalue weighted by Crippen LogP contribution is -2.44. The number of sulfonamides is 1. The van der Waals surface area contributed by atoms with Gasteiger partial charge in [0.05, 0.1) is 6.26 Å². The molecule has 0 saturated carbocycles. The Bertz CT molecular complexity index is 722. The SMILES string of the molecule is CS(=O)(=O)NC1CCN(c2noc(-c3ccccc3)n2)CC1. The molecule has 3 rings (SSSR count). The van der Waals surface area contributed by atoms with Crippen molar-refractivity contribution < 1.29 is 12.9 Å². The molecule has 1 aliphatic heterocycles. The van der Waals surface area contributed by atoms with Gasteiger partial charge in [0.15, 0.2) is 0 Å². The maximum Gasteiger partial charge on any atom is 0.266 e. The zero-order valence-electron chi connectivity index (χ0n) is 12.3. The third kappa shape index (κ3) is 3.63. The predicted molar refractivity (Wildman–Crippen MR) is 82.9 cm³/mol. The van der Waals surface area contributed by atoms with E-state index in [0.717, 1.165) is 18.4 Å². The monoisotopic (exact) mass is 322 g/mol. The van der Waals surface area contributed by atoms with Crippen LogP contribution in [0.1, 0.15) is 12.8 Å². The van der Waals surface area contributed by atoms with E-state index in [4.69, 9.17) is 4.52 Å². The minimum Gasteiger partial charge on any atom is -0.338 e. The van der Waals surface area contributed by atoms with Gasteiger partial charge in [-0.15, -0.1) is 0 Å². The Balaban J connectivity index is 1.64. The second-order valence-electron chi connectivity index (χ2n) is 5.42. The number of nitrogens with one attached hydrogen (secondary N) is 1. The molecule has 1 aromatic carbocycles. The zero-order chi connectivity index (χ0) is 15.6. The molecule has 0 aliphatic carbocycles. The van der Waals surface area contributed by atoms with Gasteiger partial charge in [-0.2, -0.15) is 4.98 Å². The zero-order valence-corrected chi connectivity index (χ0v) is 13.1. The largest absolute Gasteiger partial charge is 0.338 e. The van der Waals surface area contributed by atoms with Crippen molar-refractivity contribution in [2.75, 3.05) is 24.2 Å². The average molecular weight is 322 g/mol. The van der Waals surface area contributed by atoms with E-state index in [1.807, 2.05) is 35.2 Å². The Hall–Kier alpha value is -1.93. The molecule has 0 atom stereocenters. The van der Waals surface area contributed by atoms with Crippen LogP contribution in [0, 0.1) is 0 Å². The first kappa shape index (κ1) is 15.0. The summed E-state index contributed by atoms with van der Waals surface area (Å²) in [7, 11) is -3.16. The highest BCUT2D eigenvalue weighted by Gasteiger charge is 2.24. The van der Waals surface area contributed by atoms with Crippen LogP contribution >= 0.6 is 0 Å². The molecule has 0 unspecified atom stereocenters. The molecule has 1 aromatic heterocycles. The van der Waals surface area contributed by atoms with Gasteiger partial charge in [-0.1, -0.05) is 18.2 Å². The van der Waals surface area contributed by atoms with Crippen LogP contribution in [0.5, 0.6) is 0 Å². The van der Waals surface area contributed by atoms with Crippen molar-refractivity contribution in [1.29, 1.82) is 0 Å².